The van der Waals surface area contributed by atoms with E-state index in [0.29, 0.717) is 22.1 Å². The first-order valence-corrected chi connectivity index (χ1v) is 6.69. The van der Waals surface area contributed by atoms with Crippen LogP contribution < -0.4 is 9.47 Å². The van der Waals surface area contributed by atoms with Crippen LogP contribution in [0.2, 0.25) is 5.02 Å². The SMILES string of the molecule is COc1ccc(C(=O)COC(=O)c2cc(Cl)c[nH]2)c(OC)c1. The standard InChI is InChI=1S/C15H14ClNO5/c1-20-10-3-4-11(14(6-10)21-2)13(18)8-22-15(19)12-5-9(16)7-17-12/h3-7,17H,8H2,1-2H3. The molecule has 22 heavy (non-hydrogen) atoms. The van der Waals surface area contributed by atoms with E-state index in [-0.39, 0.29) is 11.5 Å². The van der Waals surface area contributed by atoms with Gasteiger partial charge in [0.25, 0.3) is 0 Å². The smallest absolute Gasteiger partial charge is 0.355 e. The lowest BCUT2D eigenvalue weighted by molar-refractivity contribution is 0.0469. The first kappa shape index (κ1) is 15.9. The Balaban J connectivity index is 2.04. The monoisotopic (exact) mass is 323 g/mol. The lowest BCUT2D eigenvalue weighted by Crippen LogP contribution is -2.15. The highest BCUT2D eigenvalue weighted by molar-refractivity contribution is 6.30. The molecule has 0 saturated carbocycles. The average Bonchev–Trinajstić information content (AvgIpc) is 2.98. The third-order valence-electron chi connectivity index (χ3n) is 2.91. The lowest BCUT2D eigenvalue weighted by atomic mass is 10.1. The molecule has 0 aliphatic heterocycles. The van der Waals surface area contributed by atoms with E-state index in [2.05, 4.69) is 4.98 Å². The fourth-order valence-corrected chi connectivity index (χ4v) is 1.96. The average molecular weight is 324 g/mol. The van der Waals surface area contributed by atoms with Crippen LogP contribution in [0.15, 0.2) is 30.5 Å². The van der Waals surface area contributed by atoms with Gasteiger partial charge in [-0.1, -0.05) is 11.6 Å². The zero-order valence-electron chi connectivity index (χ0n) is 12.0. The van der Waals surface area contributed by atoms with Crippen molar-refractivity contribution in [3.05, 3.63) is 46.7 Å². The second kappa shape index (κ2) is 7.00. The van der Waals surface area contributed by atoms with Crippen LogP contribution in [-0.2, 0) is 4.74 Å². The summed E-state index contributed by atoms with van der Waals surface area (Å²) in [5.41, 5.74) is 0.486. The first-order chi connectivity index (χ1) is 10.5. The Morgan fingerprint density at radius 2 is 1.95 bits per heavy atom. The van der Waals surface area contributed by atoms with E-state index >= 15 is 0 Å². The van der Waals surface area contributed by atoms with Gasteiger partial charge in [0, 0.05) is 12.3 Å². The minimum atomic E-state index is -0.660. The number of ketones is 1. The molecule has 1 heterocycles. The van der Waals surface area contributed by atoms with Crippen molar-refractivity contribution in [1.82, 2.24) is 4.98 Å². The summed E-state index contributed by atoms with van der Waals surface area (Å²) in [6.07, 6.45) is 1.45. The quantitative estimate of drug-likeness (QED) is 0.653. The molecule has 2 aromatic rings. The number of H-pyrrole nitrogens is 1. The molecule has 6 nitrogen and oxygen atoms in total. The number of rotatable bonds is 6. The highest BCUT2D eigenvalue weighted by atomic mass is 35.5. The third kappa shape index (κ3) is 3.59. The van der Waals surface area contributed by atoms with Crippen molar-refractivity contribution in [3.63, 3.8) is 0 Å². The zero-order chi connectivity index (χ0) is 16.1. The van der Waals surface area contributed by atoms with Gasteiger partial charge in [0.1, 0.15) is 17.2 Å². The number of nitrogens with one attached hydrogen (secondary N) is 1. The van der Waals surface area contributed by atoms with Gasteiger partial charge in [-0.3, -0.25) is 4.79 Å². The molecule has 1 N–H and O–H groups in total. The molecule has 0 bridgehead atoms. The number of hydrogen-bond donors (Lipinski definition) is 1. The van der Waals surface area contributed by atoms with Gasteiger partial charge in [-0.15, -0.1) is 0 Å². The van der Waals surface area contributed by atoms with Crippen LogP contribution in [0.25, 0.3) is 0 Å². The maximum Gasteiger partial charge on any atom is 0.355 e. The highest BCUT2D eigenvalue weighted by Gasteiger charge is 2.17. The van der Waals surface area contributed by atoms with Crippen molar-refractivity contribution in [3.8, 4) is 11.5 Å². The van der Waals surface area contributed by atoms with Crippen LogP contribution in [-0.4, -0.2) is 37.6 Å². The topological polar surface area (TPSA) is 77.6 Å². The van der Waals surface area contributed by atoms with Gasteiger partial charge < -0.3 is 19.2 Å². The molecule has 0 aliphatic rings. The number of carbonyl (C=O) groups is 2. The fraction of sp³-hybridized carbons (Fsp3) is 0.200. The van der Waals surface area contributed by atoms with E-state index in [9.17, 15) is 9.59 Å². The molecule has 1 aromatic carbocycles. The molecule has 0 aliphatic carbocycles. The number of aromatic amines is 1. The van der Waals surface area contributed by atoms with Gasteiger partial charge in [0.05, 0.1) is 24.8 Å². The fourth-order valence-electron chi connectivity index (χ4n) is 1.80. The van der Waals surface area contributed by atoms with Crippen LogP contribution >= 0.6 is 11.6 Å². The maximum atomic E-state index is 12.1. The van der Waals surface area contributed by atoms with E-state index in [1.54, 1.807) is 18.2 Å². The Kier molecular flexibility index (Phi) is 5.06. The van der Waals surface area contributed by atoms with Crippen molar-refractivity contribution >= 4 is 23.4 Å². The van der Waals surface area contributed by atoms with Crippen molar-refractivity contribution in [2.45, 2.75) is 0 Å². The molecule has 1 aromatic heterocycles. The number of methoxy groups -OCH3 is 2. The van der Waals surface area contributed by atoms with Crippen LogP contribution in [0.3, 0.4) is 0 Å². The maximum absolute atomic E-state index is 12.1. The van der Waals surface area contributed by atoms with Gasteiger partial charge >= 0.3 is 5.97 Å². The van der Waals surface area contributed by atoms with Gasteiger partial charge in [-0.2, -0.15) is 0 Å². The molecule has 2 rings (SSSR count). The lowest BCUT2D eigenvalue weighted by Gasteiger charge is -2.09. The molecule has 0 spiro atoms. The number of hydrogen-bond acceptors (Lipinski definition) is 5. The van der Waals surface area contributed by atoms with E-state index < -0.39 is 12.6 Å². The Hall–Kier alpha value is -2.47. The van der Waals surface area contributed by atoms with Crippen LogP contribution in [0.5, 0.6) is 11.5 Å². The molecule has 0 radical (unpaired) electrons. The number of Topliss-reactive ketones (excluding diaryl/α,β-unsaturated/α-hetero) is 1. The summed E-state index contributed by atoms with van der Waals surface area (Å²) in [4.78, 5) is 26.5. The van der Waals surface area contributed by atoms with Crippen molar-refractivity contribution in [2.75, 3.05) is 20.8 Å². The second-order valence-corrected chi connectivity index (χ2v) is 4.73. The molecule has 0 saturated heterocycles. The normalized spacial score (nSPS) is 10.1. The van der Waals surface area contributed by atoms with Gasteiger partial charge in [0.15, 0.2) is 6.61 Å². The summed E-state index contributed by atoms with van der Waals surface area (Å²) >= 11 is 5.70. The van der Waals surface area contributed by atoms with Gasteiger partial charge in [-0.05, 0) is 18.2 Å². The van der Waals surface area contributed by atoms with Crippen molar-refractivity contribution in [2.24, 2.45) is 0 Å². The van der Waals surface area contributed by atoms with Crippen LogP contribution in [0, 0.1) is 0 Å². The Bertz CT molecular complexity index is 695. The summed E-state index contributed by atoms with van der Waals surface area (Å²) in [5.74, 6) is -0.132. The summed E-state index contributed by atoms with van der Waals surface area (Å²) in [7, 11) is 2.96. The largest absolute Gasteiger partial charge is 0.497 e. The molecule has 0 unspecified atom stereocenters. The van der Waals surface area contributed by atoms with Gasteiger partial charge in [-0.25, -0.2) is 4.79 Å². The number of ether oxygens (including phenoxy) is 3. The third-order valence-corrected chi connectivity index (χ3v) is 3.13. The molecule has 0 amide bonds. The minimum Gasteiger partial charge on any atom is -0.497 e. The Morgan fingerprint density at radius 1 is 1.18 bits per heavy atom. The molecular weight excluding hydrogens is 310 g/mol. The molecule has 0 fully saturated rings. The van der Waals surface area contributed by atoms with Crippen LogP contribution in [0.1, 0.15) is 20.8 Å². The van der Waals surface area contributed by atoms with Gasteiger partial charge in [0.2, 0.25) is 5.78 Å². The van der Waals surface area contributed by atoms with E-state index in [4.69, 9.17) is 25.8 Å². The predicted molar refractivity (Wildman–Crippen MR) is 80.0 cm³/mol. The van der Waals surface area contributed by atoms with E-state index in [1.165, 1.54) is 26.5 Å². The van der Waals surface area contributed by atoms with E-state index in [0.717, 1.165) is 0 Å². The summed E-state index contributed by atoms with van der Waals surface area (Å²) < 4.78 is 15.1. The predicted octanol–water partition coefficient (Wildman–Crippen LogP) is 2.73. The van der Waals surface area contributed by atoms with Crippen LogP contribution in [0.4, 0.5) is 0 Å². The van der Waals surface area contributed by atoms with Crippen molar-refractivity contribution < 1.29 is 23.8 Å². The highest BCUT2D eigenvalue weighted by Crippen LogP contribution is 2.25. The second-order valence-electron chi connectivity index (χ2n) is 4.30. The minimum absolute atomic E-state index is 0.180. The number of esters is 1. The van der Waals surface area contributed by atoms with E-state index in [1.807, 2.05) is 0 Å². The Labute approximate surface area is 131 Å². The Morgan fingerprint density at radius 3 is 2.55 bits per heavy atom. The number of benzene rings is 1. The molecule has 0 atom stereocenters. The summed E-state index contributed by atoms with van der Waals surface area (Å²) in [5, 5.41) is 0.384. The summed E-state index contributed by atoms with van der Waals surface area (Å²) in [6, 6.07) is 6.18. The first-order valence-electron chi connectivity index (χ1n) is 6.31. The number of aromatic nitrogens is 1. The zero-order valence-corrected chi connectivity index (χ0v) is 12.8. The molecule has 116 valence electrons. The van der Waals surface area contributed by atoms with Crippen molar-refractivity contribution in [1.29, 1.82) is 0 Å². The molecular formula is C15H14ClNO5. The number of carbonyl (C=O) groups excluding carboxylic acids is 2. The number of halogens is 1. The molecule has 7 heteroatoms. The summed E-state index contributed by atoms with van der Waals surface area (Å²) in [6.45, 7) is -0.405.